The molecule has 4 heterocycles. The van der Waals surface area contributed by atoms with Crippen LogP contribution in [0.4, 0.5) is 13.2 Å². The average molecular weight is 541 g/mol. The van der Waals surface area contributed by atoms with Crippen LogP contribution < -0.4 is 9.47 Å². The van der Waals surface area contributed by atoms with Gasteiger partial charge in [-0.15, -0.1) is 11.3 Å². The van der Waals surface area contributed by atoms with E-state index in [9.17, 15) is 13.2 Å². The van der Waals surface area contributed by atoms with Crippen molar-refractivity contribution in [2.75, 3.05) is 40.0 Å². The molecule has 0 aliphatic carbocycles. The molecular formula is C24H27F3N4O3S2. The van der Waals surface area contributed by atoms with Crippen molar-refractivity contribution in [3.63, 3.8) is 0 Å². The molecule has 2 aromatic heterocycles. The molecule has 0 amide bonds. The Balaban J connectivity index is 1.43. The first-order valence-corrected chi connectivity index (χ1v) is 13.6. The van der Waals surface area contributed by atoms with Crippen LogP contribution in [0.5, 0.6) is 11.5 Å². The summed E-state index contributed by atoms with van der Waals surface area (Å²) in [4.78, 5) is 14.9. The molecule has 1 aromatic carbocycles. The van der Waals surface area contributed by atoms with Crippen molar-refractivity contribution >= 4 is 34.0 Å². The van der Waals surface area contributed by atoms with Crippen LogP contribution in [0, 0.1) is 5.92 Å². The van der Waals surface area contributed by atoms with E-state index in [1.54, 1.807) is 0 Å². The highest BCUT2D eigenvalue weighted by Gasteiger charge is 2.34. The van der Waals surface area contributed by atoms with Crippen molar-refractivity contribution in [2.45, 2.75) is 47.3 Å². The Kier molecular flexibility index (Phi) is 7.85. The van der Waals surface area contributed by atoms with Gasteiger partial charge in [-0.2, -0.15) is 13.2 Å². The monoisotopic (exact) mass is 540 g/mol. The van der Waals surface area contributed by atoms with Crippen molar-refractivity contribution in [3.05, 3.63) is 29.5 Å². The normalized spacial score (nSPS) is 18.6. The molecule has 0 N–H and O–H groups in total. The standard InChI is InChI=1S/C24H27F3N4O3S2/c1-31-6-2-15(3-7-31)12-33-17-10-18-21(19(11-17)34-16-4-8-32-9-5-16)22(29-14-28-18)36-23-30-20(13-35-23)24(25,26)27/h10-11,13-16H,2-9,12H2,1H3. The zero-order valence-electron chi connectivity index (χ0n) is 19.8. The number of halogens is 3. The molecular weight excluding hydrogens is 513 g/mol. The minimum atomic E-state index is -4.49. The summed E-state index contributed by atoms with van der Waals surface area (Å²) in [6.07, 6.45) is 0.557. The van der Waals surface area contributed by atoms with Gasteiger partial charge in [0.25, 0.3) is 0 Å². The van der Waals surface area contributed by atoms with Gasteiger partial charge < -0.3 is 19.1 Å². The van der Waals surface area contributed by atoms with Crippen molar-refractivity contribution < 1.29 is 27.4 Å². The van der Waals surface area contributed by atoms with Gasteiger partial charge in [0, 0.05) is 30.4 Å². The summed E-state index contributed by atoms with van der Waals surface area (Å²) in [7, 11) is 2.13. The van der Waals surface area contributed by atoms with E-state index in [0.29, 0.717) is 53.2 Å². The summed E-state index contributed by atoms with van der Waals surface area (Å²) in [6, 6.07) is 3.69. The van der Waals surface area contributed by atoms with Crippen LogP contribution in [0.15, 0.2) is 33.2 Å². The Morgan fingerprint density at radius 3 is 2.64 bits per heavy atom. The molecule has 12 heteroatoms. The summed E-state index contributed by atoms with van der Waals surface area (Å²) in [5.41, 5.74) is -0.292. The second kappa shape index (κ2) is 11.1. The van der Waals surface area contributed by atoms with Gasteiger partial charge in [-0.05, 0) is 50.7 Å². The first-order valence-electron chi connectivity index (χ1n) is 11.9. The maximum absolute atomic E-state index is 13.1. The molecule has 0 bridgehead atoms. The molecule has 0 radical (unpaired) electrons. The van der Waals surface area contributed by atoms with Crippen molar-refractivity contribution in [1.82, 2.24) is 19.9 Å². The fourth-order valence-electron chi connectivity index (χ4n) is 4.29. The molecule has 36 heavy (non-hydrogen) atoms. The number of hydrogen-bond donors (Lipinski definition) is 0. The Morgan fingerprint density at radius 1 is 1.14 bits per heavy atom. The number of hydrogen-bond acceptors (Lipinski definition) is 9. The van der Waals surface area contributed by atoms with Gasteiger partial charge in [-0.3, -0.25) is 0 Å². The number of nitrogens with zero attached hydrogens (tertiary/aromatic N) is 4. The molecule has 3 aromatic rings. The number of likely N-dealkylation sites (tertiary alicyclic amines) is 1. The number of piperidine rings is 1. The highest BCUT2D eigenvalue weighted by molar-refractivity contribution is 8.01. The second-order valence-corrected chi connectivity index (χ2v) is 11.2. The molecule has 2 aliphatic rings. The van der Waals surface area contributed by atoms with Crippen LogP contribution in [0.2, 0.25) is 0 Å². The van der Waals surface area contributed by atoms with E-state index in [1.807, 2.05) is 12.1 Å². The van der Waals surface area contributed by atoms with Crippen LogP contribution >= 0.6 is 23.1 Å². The first kappa shape index (κ1) is 25.5. The second-order valence-electron chi connectivity index (χ2n) is 9.08. The Bertz CT molecular complexity index is 1180. The molecule has 0 unspecified atom stereocenters. The SMILES string of the molecule is CN1CCC(COc2cc(OC3CCOCC3)c3c(Sc4nc(C(F)(F)F)cs4)ncnc3c2)CC1. The van der Waals surface area contributed by atoms with E-state index in [0.717, 1.165) is 67.3 Å². The highest BCUT2D eigenvalue weighted by Crippen LogP contribution is 2.41. The lowest BCUT2D eigenvalue weighted by molar-refractivity contribution is -0.141. The predicted molar refractivity (Wildman–Crippen MR) is 131 cm³/mol. The van der Waals surface area contributed by atoms with E-state index in [1.165, 1.54) is 6.33 Å². The largest absolute Gasteiger partial charge is 0.493 e. The van der Waals surface area contributed by atoms with E-state index < -0.39 is 11.9 Å². The minimum Gasteiger partial charge on any atom is -0.493 e. The lowest BCUT2D eigenvalue weighted by atomic mass is 9.98. The molecule has 194 valence electrons. The van der Waals surface area contributed by atoms with Crippen molar-refractivity contribution in [2.24, 2.45) is 5.92 Å². The lowest BCUT2D eigenvalue weighted by Crippen LogP contribution is -2.32. The molecule has 2 saturated heterocycles. The quantitative estimate of drug-likeness (QED) is 0.362. The van der Waals surface area contributed by atoms with Gasteiger partial charge in [-0.1, -0.05) is 0 Å². The van der Waals surface area contributed by atoms with E-state index in [-0.39, 0.29) is 10.4 Å². The highest BCUT2D eigenvalue weighted by atomic mass is 32.2. The molecule has 7 nitrogen and oxygen atoms in total. The molecule has 2 aliphatic heterocycles. The van der Waals surface area contributed by atoms with E-state index >= 15 is 0 Å². The number of benzene rings is 1. The maximum atomic E-state index is 13.1. The molecule has 0 atom stereocenters. The summed E-state index contributed by atoms with van der Waals surface area (Å²) in [5.74, 6) is 1.71. The van der Waals surface area contributed by atoms with Crippen molar-refractivity contribution in [1.29, 1.82) is 0 Å². The fourth-order valence-corrected chi connectivity index (χ4v) is 6.13. The third-order valence-electron chi connectivity index (χ3n) is 6.38. The number of thiazole rings is 1. The molecule has 0 saturated carbocycles. The first-order chi connectivity index (χ1) is 17.3. The molecule has 2 fully saturated rings. The van der Waals surface area contributed by atoms with Crippen molar-refractivity contribution in [3.8, 4) is 11.5 Å². The van der Waals surface area contributed by atoms with Crippen LogP contribution in [0.1, 0.15) is 31.4 Å². The van der Waals surface area contributed by atoms with E-state index in [4.69, 9.17) is 14.2 Å². The number of fused-ring (bicyclic) bond motifs is 1. The zero-order valence-corrected chi connectivity index (χ0v) is 21.4. The number of ether oxygens (including phenoxy) is 3. The van der Waals surface area contributed by atoms with Crippen LogP contribution in [-0.2, 0) is 10.9 Å². The third-order valence-corrected chi connectivity index (χ3v) is 8.33. The number of rotatable bonds is 7. The smallest absolute Gasteiger partial charge is 0.434 e. The van der Waals surface area contributed by atoms with Crippen LogP contribution in [0.25, 0.3) is 10.9 Å². The molecule has 0 spiro atoms. The Morgan fingerprint density at radius 2 is 1.92 bits per heavy atom. The number of aromatic nitrogens is 3. The molecule has 5 rings (SSSR count). The minimum absolute atomic E-state index is 0.0409. The summed E-state index contributed by atoms with van der Waals surface area (Å²) >= 11 is 2.01. The zero-order chi connectivity index (χ0) is 25.1. The topological polar surface area (TPSA) is 69.6 Å². The third kappa shape index (κ3) is 6.21. The van der Waals surface area contributed by atoms with Gasteiger partial charge in [0.2, 0.25) is 0 Å². The maximum Gasteiger partial charge on any atom is 0.434 e. The summed E-state index contributed by atoms with van der Waals surface area (Å²) < 4.78 is 57.5. The van der Waals surface area contributed by atoms with Gasteiger partial charge in [-0.25, -0.2) is 15.0 Å². The lowest BCUT2D eigenvalue weighted by Gasteiger charge is -2.29. The van der Waals surface area contributed by atoms with Crippen LogP contribution in [-0.4, -0.2) is 65.9 Å². The summed E-state index contributed by atoms with van der Waals surface area (Å²) in [6.45, 7) is 3.97. The average Bonchev–Trinajstić information content (AvgIpc) is 3.34. The van der Waals surface area contributed by atoms with Gasteiger partial charge in [0.05, 0.1) is 30.7 Å². The van der Waals surface area contributed by atoms with Crippen LogP contribution in [0.3, 0.4) is 0 Å². The fraction of sp³-hybridized carbons (Fsp3) is 0.542. The van der Waals surface area contributed by atoms with Gasteiger partial charge >= 0.3 is 6.18 Å². The Hall–Kier alpha value is -2.15. The summed E-state index contributed by atoms with van der Waals surface area (Å²) in [5, 5.41) is 2.15. The van der Waals surface area contributed by atoms with Gasteiger partial charge in [0.15, 0.2) is 10.0 Å². The van der Waals surface area contributed by atoms with E-state index in [2.05, 4.69) is 26.9 Å². The Labute approximate surface area is 215 Å². The predicted octanol–water partition coefficient (Wildman–Crippen LogP) is 5.53. The van der Waals surface area contributed by atoms with Gasteiger partial charge in [0.1, 0.15) is 29.0 Å². The number of alkyl halides is 3.